The molecule has 2 rings (SSSR count). The smallest absolute Gasteiger partial charge is 0.355 e. The van der Waals surface area contributed by atoms with E-state index in [0.29, 0.717) is 0 Å². The lowest BCUT2D eigenvalue weighted by Gasteiger charge is -2.35. The van der Waals surface area contributed by atoms with Crippen LogP contribution in [0.4, 0.5) is 5.13 Å². The number of aromatic carboxylic acids is 1. The summed E-state index contributed by atoms with van der Waals surface area (Å²) in [5.74, 6) is -0.936. The van der Waals surface area contributed by atoms with Crippen molar-refractivity contribution in [2.45, 2.75) is 6.92 Å². The molecule has 0 saturated carbocycles. The van der Waals surface area contributed by atoms with Gasteiger partial charge in [0, 0.05) is 44.1 Å². The number of rotatable bonds is 5. The topological polar surface area (TPSA) is 59.9 Å². The number of carboxylic acids is 1. The Balaban J connectivity index is 1.90. The normalized spacial score (nSPS) is 16.9. The van der Waals surface area contributed by atoms with Crippen LogP contribution in [-0.4, -0.2) is 79.2 Å². The second kappa shape index (κ2) is 6.51. The number of hydrogen-bond donors (Lipinski definition) is 1. The Morgan fingerprint density at radius 3 is 2.50 bits per heavy atom. The van der Waals surface area contributed by atoms with Crippen LogP contribution in [0.2, 0.25) is 0 Å². The molecular weight excluding hydrogens is 276 g/mol. The first-order valence-corrected chi connectivity index (χ1v) is 7.62. The highest BCUT2D eigenvalue weighted by atomic mass is 32.1. The number of aryl methyl sites for hydroxylation is 1. The van der Waals surface area contributed by atoms with Gasteiger partial charge in [-0.1, -0.05) is 0 Å². The van der Waals surface area contributed by atoms with Crippen molar-refractivity contribution in [3.8, 4) is 0 Å². The fraction of sp³-hybridized carbons (Fsp3) is 0.692. The standard InChI is InChI=1S/C13H22N4O2S/c1-10-11(12(18)19)14-13(20-10)17-8-6-16(7-9-17)5-4-15(2)3/h4-9H2,1-3H3,(H,18,19). The van der Waals surface area contributed by atoms with Crippen LogP contribution in [0.5, 0.6) is 0 Å². The van der Waals surface area contributed by atoms with Crippen molar-refractivity contribution >= 4 is 22.4 Å². The summed E-state index contributed by atoms with van der Waals surface area (Å²) in [6.45, 7) is 7.82. The highest BCUT2D eigenvalue weighted by Crippen LogP contribution is 2.26. The number of likely N-dealkylation sites (N-methyl/N-ethyl adjacent to an activating group) is 1. The molecule has 1 aromatic rings. The van der Waals surface area contributed by atoms with Gasteiger partial charge in [-0.15, -0.1) is 11.3 Å². The molecule has 1 aromatic heterocycles. The Bertz CT molecular complexity index is 467. The van der Waals surface area contributed by atoms with Crippen LogP contribution >= 0.6 is 11.3 Å². The van der Waals surface area contributed by atoms with Gasteiger partial charge in [-0.25, -0.2) is 9.78 Å². The average Bonchev–Trinajstić information content (AvgIpc) is 2.79. The van der Waals surface area contributed by atoms with Gasteiger partial charge in [0.25, 0.3) is 0 Å². The summed E-state index contributed by atoms with van der Waals surface area (Å²) < 4.78 is 0. The quantitative estimate of drug-likeness (QED) is 0.869. The van der Waals surface area contributed by atoms with E-state index in [1.165, 1.54) is 11.3 Å². The summed E-state index contributed by atoms with van der Waals surface area (Å²) in [6.07, 6.45) is 0. The fourth-order valence-corrected chi connectivity index (χ4v) is 3.17. The maximum absolute atomic E-state index is 11.0. The van der Waals surface area contributed by atoms with E-state index in [4.69, 9.17) is 5.11 Å². The molecule has 0 aromatic carbocycles. The molecule has 0 atom stereocenters. The van der Waals surface area contributed by atoms with E-state index in [9.17, 15) is 4.79 Å². The van der Waals surface area contributed by atoms with E-state index >= 15 is 0 Å². The Kier molecular flexibility index (Phi) is 4.95. The number of hydrogen-bond acceptors (Lipinski definition) is 6. The number of anilines is 1. The third-order valence-electron chi connectivity index (χ3n) is 3.49. The van der Waals surface area contributed by atoms with Gasteiger partial charge in [0.05, 0.1) is 0 Å². The minimum Gasteiger partial charge on any atom is -0.476 e. The van der Waals surface area contributed by atoms with Gasteiger partial charge in [0.2, 0.25) is 0 Å². The first-order chi connectivity index (χ1) is 9.47. The predicted molar refractivity (Wildman–Crippen MR) is 81.0 cm³/mol. The molecule has 112 valence electrons. The molecule has 0 bridgehead atoms. The van der Waals surface area contributed by atoms with Crippen LogP contribution < -0.4 is 4.90 Å². The molecule has 20 heavy (non-hydrogen) atoms. The molecule has 0 radical (unpaired) electrons. The van der Waals surface area contributed by atoms with Crippen LogP contribution in [0.1, 0.15) is 15.4 Å². The zero-order valence-corrected chi connectivity index (χ0v) is 13.1. The van der Waals surface area contributed by atoms with Crippen LogP contribution in [0, 0.1) is 6.92 Å². The van der Waals surface area contributed by atoms with Crippen LogP contribution in [0.15, 0.2) is 0 Å². The van der Waals surface area contributed by atoms with Gasteiger partial charge in [-0.05, 0) is 21.0 Å². The molecular formula is C13H22N4O2S. The Morgan fingerprint density at radius 1 is 1.35 bits per heavy atom. The largest absolute Gasteiger partial charge is 0.476 e. The monoisotopic (exact) mass is 298 g/mol. The molecule has 1 aliphatic rings. The molecule has 0 unspecified atom stereocenters. The van der Waals surface area contributed by atoms with Gasteiger partial charge >= 0.3 is 5.97 Å². The van der Waals surface area contributed by atoms with Crippen molar-refractivity contribution < 1.29 is 9.90 Å². The lowest BCUT2D eigenvalue weighted by molar-refractivity contribution is 0.0690. The van der Waals surface area contributed by atoms with Gasteiger partial charge in [0.15, 0.2) is 10.8 Å². The van der Waals surface area contributed by atoms with E-state index in [1.807, 2.05) is 6.92 Å². The minimum atomic E-state index is -0.936. The van der Waals surface area contributed by atoms with Gasteiger partial charge < -0.3 is 14.9 Å². The highest BCUT2D eigenvalue weighted by molar-refractivity contribution is 7.15. The first kappa shape index (κ1) is 15.2. The molecule has 0 spiro atoms. The maximum Gasteiger partial charge on any atom is 0.355 e. The maximum atomic E-state index is 11.0. The molecule has 1 N–H and O–H groups in total. The summed E-state index contributed by atoms with van der Waals surface area (Å²) >= 11 is 1.48. The molecule has 2 heterocycles. The Labute approximate surface area is 123 Å². The molecule has 6 nitrogen and oxygen atoms in total. The summed E-state index contributed by atoms with van der Waals surface area (Å²) in [4.78, 5) is 22.9. The molecule has 0 amide bonds. The second-order valence-corrected chi connectivity index (χ2v) is 6.52. The Morgan fingerprint density at radius 2 is 2.00 bits per heavy atom. The lowest BCUT2D eigenvalue weighted by Crippen LogP contribution is -2.48. The van der Waals surface area contributed by atoms with Crippen LogP contribution in [0.3, 0.4) is 0 Å². The first-order valence-electron chi connectivity index (χ1n) is 6.80. The molecule has 1 saturated heterocycles. The van der Waals surface area contributed by atoms with Gasteiger partial charge in [-0.3, -0.25) is 4.90 Å². The van der Waals surface area contributed by atoms with Crippen molar-refractivity contribution in [1.29, 1.82) is 0 Å². The van der Waals surface area contributed by atoms with E-state index in [0.717, 1.165) is 49.3 Å². The summed E-state index contributed by atoms with van der Waals surface area (Å²) in [5, 5.41) is 9.89. The zero-order valence-electron chi connectivity index (χ0n) is 12.3. The zero-order chi connectivity index (χ0) is 14.7. The summed E-state index contributed by atoms with van der Waals surface area (Å²) in [7, 11) is 4.17. The van der Waals surface area contributed by atoms with Crippen molar-refractivity contribution in [2.75, 3.05) is 58.3 Å². The number of aromatic nitrogens is 1. The number of carbonyl (C=O) groups is 1. The predicted octanol–water partition coefficient (Wildman–Crippen LogP) is 0.833. The minimum absolute atomic E-state index is 0.194. The van der Waals surface area contributed by atoms with Crippen molar-refractivity contribution in [2.24, 2.45) is 0 Å². The van der Waals surface area contributed by atoms with Gasteiger partial charge in [0.1, 0.15) is 0 Å². The van der Waals surface area contributed by atoms with Crippen LogP contribution in [0.25, 0.3) is 0 Å². The van der Waals surface area contributed by atoms with E-state index < -0.39 is 5.97 Å². The SMILES string of the molecule is Cc1sc(N2CCN(CCN(C)C)CC2)nc1C(=O)O. The van der Waals surface area contributed by atoms with E-state index in [1.54, 1.807) is 0 Å². The number of thiazole rings is 1. The lowest BCUT2D eigenvalue weighted by atomic mass is 10.3. The molecule has 0 aliphatic carbocycles. The van der Waals surface area contributed by atoms with Crippen molar-refractivity contribution in [3.63, 3.8) is 0 Å². The third kappa shape index (κ3) is 3.68. The highest BCUT2D eigenvalue weighted by Gasteiger charge is 2.22. The van der Waals surface area contributed by atoms with Crippen molar-refractivity contribution in [3.05, 3.63) is 10.6 Å². The molecule has 1 aliphatic heterocycles. The van der Waals surface area contributed by atoms with Crippen LogP contribution in [-0.2, 0) is 0 Å². The Hall–Kier alpha value is -1.18. The second-order valence-electron chi connectivity index (χ2n) is 5.34. The van der Waals surface area contributed by atoms with E-state index in [2.05, 4.69) is 33.8 Å². The van der Waals surface area contributed by atoms with Gasteiger partial charge in [-0.2, -0.15) is 0 Å². The van der Waals surface area contributed by atoms with Crippen molar-refractivity contribution in [1.82, 2.24) is 14.8 Å². The molecule has 7 heteroatoms. The summed E-state index contributed by atoms with van der Waals surface area (Å²) in [5.41, 5.74) is 0.194. The summed E-state index contributed by atoms with van der Waals surface area (Å²) in [6, 6.07) is 0. The number of nitrogens with zero attached hydrogens (tertiary/aromatic N) is 4. The third-order valence-corrected chi connectivity index (χ3v) is 4.53. The number of carboxylic acid groups (broad SMARTS) is 1. The van der Waals surface area contributed by atoms with E-state index in [-0.39, 0.29) is 5.69 Å². The fourth-order valence-electron chi connectivity index (χ4n) is 2.22. The number of piperazine rings is 1. The average molecular weight is 298 g/mol. The molecule has 1 fully saturated rings.